The highest BCUT2D eigenvalue weighted by Gasteiger charge is 2.27. The van der Waals surface area contributed by atoms with Gasteiger partial charge in [-0.2, -0.15) is 0 Å². The van der Waals surface area contributed by atoms with Gasteiger partial charge in [-0.05, 0) is 38.2 Å². The summed E-state index contributed by atoms with van der Waals surface area (Å²) in [5.41, 5.74) is 1.09. The molecule has 0 heterocycles. The highest BCUT2D eigenvalue weighted by molar-refractivity contribution is 5.79. The Hall–Kier alpha value is -2.04. The molecule has 21 heavy (non-hydrogen) atoms. The Morgan fingerprint density at radius 2 is 1.76 bits per heavy atom. The molecule has 0 aromatic heterocycles. The maximum atomic E-state index is 12.3. The van der Waals surface area contributed by atoms with Crippen molar-refractivity contribution >= 4 is 12.0 Å². The van der Waals surface area contributed by atoms with Crippen LogP contribution in [0.15, 0.2) is 30.3 Å². The summed E-state index contributed by atoms with van der Waals surface area (Å²) >= 11 is 0. The van der Waals surface area contributed by atoms with Crippen molar-refractivity contribution in [2.45, 2.75) is 44.7 Å². The molecule has 1 aliphatic carbocycles. The molecule has 0 saturated heterocycles. The second kappa shape index (κ2) is 7.11. The van der Waals surface area contributed by atoms with Crippen molar-refractivity contribution in [3.05, 3.63) is 35.9 Å². The van der Waals surface area contributed by atoms with Crippen LogP contribution in [0.1, 0.15) is 44.2 Å². The second-order valence-electron chi connectivity index (χ2n) is 5.64. The van der Waals surface area contributed by atoms with Crippen LogP contribution in [-0.4, -0.2) is 23.1 Å². The van der Waals surface area contributed by atoms with Crippen molar-refractivity contribution in [1.29, 1.82) is 0 Å². The Kier molecular flexibility index (Phi) is 5.20. The van der Waals surface area contributed by atoms with Gasteiger partial charge in [-0.3, -0.25) is 4.79 Å². The fourth-order valence-electron chi connectivity index (χ4n) is 2.83. The molecule has 114 valence electrons. The zero-order valence-corrected chi connectivity index (χ0v) is 12.2. The third kappa shape index (κ3) is 4.48. The molecule has 1 fully saturated rings. The van der Waals surface area contributed by atoms with Crippen LogP contribution in [0.5, 0.6) is 0 Å². The topological polar surface area (TPSA) is 78.4 Å². The van der Waals surface area contributed by atoms with Crippen LogP contribution < -0.4 is 10.6 Å². The lowest BCUT2D eigenvalue weighted by molar-refractivity contribution is -0.126. The molecule has 2 amide bonds. The van der Waals surface area contributed by atoms with Crippen LogP contribution in [0.3, 0.4) is 0 Å². The highest BCUT2D eigenvalue weighted by atomic mass is 16.4. The molecule has 1 aromatic rings. The van der Waals surface area contributed by atoms with Gasteiger partial charge >= 0.3 is 6.09 Å². The summed E-state index contributed by atoms with van der Waals surface area (Å²) in [6.45, 7) is 1.98. The van der Waals surface area contributed by atoms with E-state index in [0.717, 1.165) is 31.2 Å². The minimum absolute atomic E-state index is 0.00596. The lowest BCUT2D eigenvalue weighted by Gasteiger charge is -2.28. The number of hydrogen-bond donors (Lipinski definition) is 3. The van der Waals surface area contributed by atoms with Crippen LogP contribution in [0.2, 0.25) is 0 Å². The van der Waals surface area contributed by atoms with Gasteiger partial charge in [0.2, 0.25) is 5.91 Å². The molecule has 0 aliphatic heterocycles. The molecule has 5 nitrogen and oxygen atoms in total. The van der Waals surface area contributed by atoms with Crippen molar-refractivity contribution in [3.63, 3.8) is 0 Å². The summed E-state index contributed by atoms with van der Waals surface area (Å²) in [5.74, 6) is 0.0585. The molecule has 1 atom stereocenters. The number of rotatable bonds is 4. The van der Waals surface area contributed by atoms with Crippen molar-refractivity contribution < 1.29 is 14.7 Å². The van der Waals surface area contributed by atoms with Crippen molar-refractivity contribution in [3.8, 4) is 0 Å². The highest BCUT2D eigenvalue weighted by Crippen LogP contribution is 2.25. The van der Waals surface area contributed by atoms with Gasteiger partial charge in [-0.1, -0.05) is 30.3 Å². The average molecular weight is 290 g/mol. The Morgan fingerprint density at radius 3 is 2.33 bits per heavy atom. The van der Waals surface area contributed by atoms with Gasteiger partial charge in [0, 0.05) is 12.0 Å². The predicted octanol–water partition coefficient (Wildman–Crippen LogP) is 2.69. The van der Waals surface area contributed by atoms with Crippen LogP contribution >= 0.6 is 0 Å². The van der Waals surface area contributed by atoms with Crippen molar-refractivity contribution in [2.75, 3.05) is 0 Å². The summed E-state index contributed by atoms with van der Waals surface area (Å²) < 4.78 is 0. The van der Waals surface area contributed by atoms with E-state index in [1.54, 1.807) is 0 Å². The van der Waals surface area contributed by atoms with Crippen molar-refractivity contribution in [1.82, 2.24) is 10.6 Å². The van der Waals surface area contributed by atoms with E-state index in [1.807, 2.05) is 37.3 Å². The Bertz CT molecular complexity index is 482. The fourth-order valence-corrected chi connectivity index (χ4v) is 2.83. The quantitative estimate of drug-likeness (QED) is 0.797. The molecule has 1 aromatic carbocycles. The van der Waals surface area contributed by atoms with E-state index in [9.17, 15) is 9.59 Å². The number of benzene rings is 1. The van der Waals surface area contributed by atoms with Gasteiger partial charge in [0.05, 0.1) is 6.04 Å². The van der Waals surface area contributed by atoms with Gasteiger partial charge in [-0.15, -0.1) is 0 Å². The van der Waals surface area contributed by atoms with Crippen LogP contribution in [0.25, 0.3) is 0 Å². The molecule has 0 radical (unpaired) electrons. The second-order valence-corrected chi connectivity index (χ2v) is 5.64. The van der Waals surface area contributed by atoms with Crippen LogP contribution in [-0.2, 0) is 4.79 Å². The van der Waals surface area contributed by atoms with Gasteiger partial charge in [0.1, 0.15) is 0 Å². The molecule has 0 spiro atoms. The number of carbonyl (C=O) groups excluding carboxylic acids is 1. The smallest absolute Gasteiger partial charge is 0.404 e. The van der Waals surface area contributed by atoms with Crippen LogP contribution in [0.4, 0.5) is 4.79 Å². The minimum atomic E-state index is -0.986. The van der Waals surface area contributed by atoms with Crippen LogP contribution in [0, 0.1) is 5.92 Å². The van der Waals surface area contributed by atoms with E-state index in [0.29, 0.717) is 0 Å². The first kappa shape index (κ1) is 15.4. The summed E-state index contributed by atoms with van der Waals surface area (Å²) in [6.07, 6.45) is 1.94. The number of nitrogens with one attached hydrogen (secondary N) is 2. The lowest BCUT2D eigenvalue weighted by Crippen LogP contribution is -2.40. The molecule has 1 saturated carbocycles. The third-order valence-corrected chi connectivity index (χ3v) is 4.08. The standard InChI is InChI=1S/C16H22N2O3/c1-11(12-5-3-2-4-6-12)17-15(19)13-7-9-14(10-8-13)18-16(20)21/h2-6,11,13-14,18H,7-10H2,1H3,(H,17,19)(H,20,21)/t11-,13?,14?/m1/s1. The van der Waals surface area contributed by atoms with E-state index in [4.69, 9.17) is 5.11 Å². The summed E-state index contributed by atoms with van der Waals surface area (Å²) in [5, 5.41) is 14.2. The molecule has 2 rings (SSSR count). The first-order valence-electron chi connectivity index (χ1n) is 7.41. The molecule has 5 heteroatoms. The van der Waals surface area contributed by atoms with E-state index < -0.39 is 6.09 Å². The molecule has 0 bridgehead atoms. The normalized spacial score (nSPS) is 23.1. The summed E-state index contributed by atoms with van der Waals surface area (Å²) in [7, 11) is 0. The molecular formula is C16H22N2O3. The first-order chi connectivity index (χ1) is 10.1. The third-order valence-electron chi connectivity index (χ3n) is 4.08. The van der Waals surface area contributed by atoms with E-state index >= 15 is 0 Å². The van der Waals surface area contributed by atoms with E-state index in [1.165, 1.54) is 0 Å². The number of hydrogen-bond acceptors (Lipinski definition) is 2. The Balaban J connectivity index is 1.81. The Labute approximate surface area is 124 Å². The largest absolute Gasteiger partial charge is 0.465 e. The number of amides is 2. The SMILES string of the molecule is C[C@@H](NC(=O)C1CCC(NC(=O)O)CC1)c1ccccc1. The summed E-state index contributed by atoms with van der Waals surface area (Å²) in [4.78, 5) is 22.9. The average Bonchev–Trinajstić information content (AvgIpc) is 2.48. The predicted molar refractivity (Wildman–Crippen MR) is 79.9 cm³/mol. The number of carbonyl (C=O) groups is 2. The van der Waals surface area contributed by atoms with Crippen molar-refractivity contribution in [2.24, 2.45) is 5.92 Å². The van der Waals surface area contributed by atoms with E-state index in [-0.39, 0.29) is 23.9 Å². The van der Waals surface area contributed by atoms with Gasteiger partial charge in [0.15, 0.2) is 0 Å². The van der Waals surface area contributed by atoms with Gasteiger partial charge in [-0.25, -0.2) is 4.79 Å². The maximum Gasteiger partial charge on any atom is 0.404 e. The first-order valence-corrected chi connectivity index (χ1v) is 7.41. The zero-order chi connectivity index (χ0) is 15.2. The fraction of sp³-hybridized carbons (Fsp3) is 0.500. The zero-order valence-electron chi connectivity index (χ0n) is 12.2. The Morgan fingerprint density at radius 1 is 1.14 bits per heavy atom. The minimum Gasteiger partial charge on any atom is -0.465 e. The molecule has 0 unspecified atom stereocenters. The monoisotopic (exact) mass is 290 g/mol. The molecular weight excluding hydrogens is 268 g/mol. The maximum absolute atomic E-state index is 12.3. The lowest BCUT2D eigenvalue weighted by atomic mass is 9.85. The molecule has 1 aliphatic rings. The van der Waals surface area contributed by atoms with Gasteiger partial charge < -0.3 is 15.7 Å². The number of carboxylic acid groups (broad SMARTS) is 1. The van der Waals surface area contributed by atoms with E-state index in [2.05, 4.69) is 10.6 Å². The van der Waals surface area contributed by atoms with Gasteiger partial charge in [0.25, 0.3) is 0 Å². The summed E-state index contributed by atoms with van der Waals surface area (Å²) in [6, 6.07) is 9.85. The molecule has 3 N–H and O–H groups in total.